The zero-order chi connectivity index (χ0) is 15.7. The van der Waals surface area contributed by atoms with Crippen LogP contribution < -0.4 is 0 Å². The van der Waals surface area contributed by atoms with E-state index in [-0.39, 0.29) is 11.2 Å². The molecule has 0 spiro atoms. The molecule has 0 saturated heterocycles. The highest BCUT2D eigenvalue weighted by atomic mass is 16.1. The number of fused-ring (bicyclic) bond motifs is 1. The number of hydrogen-bond donors (Lipinski definition) is 0. The van der Waals surface area contributed by atoms with Crippen molar-refractivity contribution in [3.63, 3.8) is 0 Å². The molecule has 4 rings (SSSR count). The predicted octanol–water partition coefficient (Wildman–Crippen LogP) is 4.33. The lowest BCUT2D eigenvalue weighted by Gasteiger charge is -2.43. The lowest BCUT2D eigenvalue weighted by Crippen LogP contribution is -2.38. The first-order valence-corrected chi connectivity index (χ1v) is 8.33. The van der Waals surface area contributed by atoms with Crippen molar-refractivity contribution in [2.45, 2.75) is 57.8 Å². The molecule has 2 fully saturated rings. The number of allylic oxidation sites excluding steroid dienone is 2. The van der Waals surface area contributed by atoms with Crippen molar-refractivity contribution in [3.05, 3.63) is 46.5 Å². The Hall–Kier alpha value is -1.70. The third kappa shape index (κ3) is 1.51. The minimum absolute atomic E-state index is 0.0888. The van der Waals surface area contributed by atoms with Gasteiger partial charge in [-0.25, -0.2) is 0 Å². The minimum atomic E-state index is -0.400. The molecule has 2 saturated carbocycles. The van der Waals surface area contributed by atoms with Crippen LogP contribution in [0.3, 0.4) is 0 Å². The lowest BCUT2D eigenvalue weighted by atomic mass is 9.59. The fourth-order valence-electron chi connectivity index (χ4n) is 4.91. The number of carbonyl (C=O) groups excluding carboxylic acids is 2. The standard InChI is InChI=1S/C20H22O2/c1-12(2)13-5-6-15-14(9-13)16(21)10-17-19(3)7-4-8-20(15,17)11-18(19)22/h5-6,9-10,12H,4,7-8,11H2,1-3H3/t19-,20-/m0/s1. The maximum absolute atomic E-state index is 12.7. The lowest BCUT2D eigenvalue weighted by molar-refractivity contribution is -0.124. The molecule has 0 aliphatic heterocycles. The zero-order valence-electron chi connectivity index (χ0n) is 13.5. The van der Waals surface area contributed by atoms with E-state index in [1.54, 1.807) is 6.08 Å². The molecule has 114 valence electrons. The average Bonchev–Trinajstić information content (AvgIpc) is 2.61. The minimum Gasteiger partial charge on any atom is -0.299 e. The monoisotopic (exact) mass is 294 g/mol. The average molecular weight is 294 g/mol. The third-order valence-corrected chi connectivity index (χ3v) is 6.23. The number of benzene rings is 1. The van der Waals surface area contributed by atoms with Crippen molar-refractivity contribution in [1.29, 1.82) is 0 Å². The highest BCUT2D eigenvalue weighted by molar-refractivity contribution is 6.11. The molecule has 0 amide bonds. The Bertz CT molecular complexity index is 740. The van der Waals surface area contributed by atoms with Crippen LogP contribution in [0.1, 0.15) is 73.9 Å². The first kappa shape index (κ1) is 13.9. The van der Waals surface area contributed by atoms with Gasteiger partial charge < -0.3 is 0 Å². The molecule has 1 aromatic carbocycles. The van der Waals surface area contributed by atoms with Gasteiger partial charge in [-0.05, 0) is 54.5 Å². The SMILES string of the molecule is CC(C)c1ccc2c(c1)C(=O)C=C1[C@]3(C)CCC[C@@]12CC3=O. The van der Waals surface area contributed by atoms with E-state index in [0.717, 1.165) is 36.0 Å². The smallest absolute Gasteiger partial charge is 0.186 e. The molecule has 0 heterocycles. The van der Waals surface area contributed by atoms with Crippen LogP contribution in [-0.2, 0) is 10.2 Å². The van der Waals surface area contributed by atoms with E-state index in [2.05, 4.69) is 32.0 Å². The number of carbonyl (C=O) groups is 2. The van der Waals surface area contributed by atoms with Gasteiger partial charge in [0.25, 0.3) is 0 Å². The second kappa shape index (κ2) is 4.18. The van der Waals surface area contributed by atoms with Crippen molar-refractivity contribution in [2.75, 3.05) is 0 Å². The zero-order valence-corrected chi connectivity index (χ0v) is 13.5. The number of ketones is 2. The van der Waals surface area contributed by atoms with Crippen LogP contribution in [0.15, 0.2) is 29.8 Å². The molecular weight excluding hydrogens is 272 g/mol. The number of Topliss-reactive ketones (excluding diaryl/α,β-unsaturated/α-hetero) is 1. The fourth-order valence-corrected chi connectivity index (χ4v) is 4.91. The molecule has 2 atom stereocenters. The van der Waals surface area contributed by atoms with Crippen LogP contribution in [0.25, 0.3) is 0 Å². The van der Waals surface area contributed by atoms with Crippen molar-refractivity contribution in [1.82, 2.24) is 0 Å². The molecule has 1 aromatic rings. The summed E-state index contributed by atoms with van der Waals surface area (Å²) in [7, 11) is 0. The molecule has 0 radical (unpaired) electrons. The highest BCUT2D eigenvalue weighted by Gasteiger charge is 2.60. The second-order valence-electron chi connectivity index (χ2n) is 7.75. The van der Waals surface area contributed by atoms with Crippen LogP contribution in [0.5, 0.6) is 0 Å². The van der Waals surface area contributed by atoms with Gasteiger partial charge in [-0.2, -0.15) is 0 Å². The summed E-state index contributed by atoms with van der Waals surface area (Å²) < 4.78 is 0. The highest BCUT2D eigenvalue weighted by Crippen LogP contribution is 2.62. The Labute approximate surface area is 131 Å². The quantitative estimate of drug-likeness (QED) is 0.772. The summed E-state index contributed by atoms with van der Waals surface area (Å²) >= 11 is 0. The molecule has 22 heavy (non-hydrogen) atoms. The van der Waals surface area contributed by atoms with E-state index in [1.807, 2.05) is 6.92 Å². The first-order valence-electron chi connectivity index (χ1n) is 8.33. The Balaban J connectivity index is 1.97. The van der Waals surface area contributed by atoms with Crippen molar-refractivity contribution in [2.24, 2.45) is 5.41 Å². The van der Waals surface area contributed by atoms with Gasteiger partial charge in [0.15, 0.2) is 5.78 Å². The Morgan fingerprint density at radius 2 is 1.91 bits per heavy atom. The fraction of sp³-hybridized carbons (Fsp3) is 0.500. The van der Waals surface area contributed by atoms with Gasteiger partial charge in [-0.15, -0.1) is 0 Å². The molecule has 0 unspecified atom stereocenters. The number of hydrogen-bond acceptors (Lipinski definition) is 2. The second-order valence-corrected chi connectivity index (χ2v) is 7.75. The van der Waals surface area contributed by atoms with Crippen LogP contribution in [0, 0.1) is 5.41 Å². The Morgan fingerprint density at radius 3 is 2.64 bits per heavy atom. The summed E-state index contributed by atoms with van der Waals surface area (Å²) in [5.74, 6) is 0.818. The summed E-state index contributed by atoms with van der Waals surface area (Å²) in [4.78, 5) is 25.4. The van der Waals surface area contributed by atoms with E-state index >= 15 is 0 Å². The van der Waals surface area contributed by atoms with Crippen molar-refractivity contribution < 1.29 is 9.59 Å². The third-order valence-electron chi connectivity index (χ3n) is 6.23. The van der Waals surface area contributed by atoms with E-state index < -0.39 is 5.41 Å². The van der Waals surface area contributed by atoms with E-state index in [0.29, 0.717) is 18.1 Å². The first-order chi connectivity index (χ1) is 10.4. The van der Waals surface area contributed by atoms with Gasteiger partial charge >= 0.3 is 0 Å². The van der Waals surface area contributed by atoms with Gasteiger partial charge in [0.05, 0.1) is 0 Å². The molecule has 3 aliphatic carbocycles. The maximum atomic E-state index is 12.7. The number of rotatable bonds is 1. The summed E-state index contributed by atoms with van der Waals surface area (Å²) in [6.45, 7) is 6.33. The van der Waals surface area contributed by atoms with Crippen molar-refractivity contribution >= 4 is 11.6 Å². The van der Waals surface area contributed by atoms with Crippen LogP contribution in [0.2, 0.25) is 0 Å². The Kier molecular flexibility index (Phi) is 2.65. The van der Waals surface area contributed by atoms with Gasteiger partial charge in [-0.1, -0.05) is 32.4 Å². The summed E-state index contributed by atoms with van der Waals surface area (Å²) in [6.07, 6.45) is 5.35. The van der Waals surface area contributed by atoms with Gasteiger partial charge in [0, 0.05) is 22.8 Å². The largest absolute Gasteiger partial charge is 0.299 e. The molecule has 0 aromatic heterocycles. The summed E-state index contributed by atoms with van der Waals surface area (Å²) in [6, 6.07) is 6.32. The molecule has 2 bridgehead atoms. The van der Waals surface area contributed by atoms with Crippen LogP contribution in [0.4, 0.5) is 0 Å². The summed E-state index contributed by atoms with van der Waals surface area (Å²) in [5.41, 5.74) is 3.64. The molecular formula is C20H22O2. The van der Waals surface area contributed by atoms with E-state index in [9.17, 15) is 9.59 Å². The topological polar surface area (TPSA) is 34.1 Å². The normalized spacial score (nSPS) is 32.8. The summed E-state index contributed by atoms with van der Waals surface area (Å²) in [5, 5.41) is 0. The molecule has 0 N–H and O–H groups in total. The molecule has 2 heteroatoms. The van der Waals surface area contributed by atoms with E-state index in [4.69, 9.17) is 0 Å². The van der Waals surface area contributed by atoms with Gasteiger partial charge in [0.2, 0.25) is 0 Å². The van der Waals surface area contributed by atoms with Crippen LogP contribution in [-0.4, -0.2) is 11.6 Å². The maximum Gasteiger partial charge on any atom is 0.186 e. The van der Waals surface area contributed by atoms with Gasteiger partial charge in [0.1, 0.15) is 5.78 Å². The molecule has 3 aliphatic rings. The molecule has 2 nitrogen and oxygen atoms in total. The van der Waals surface area contributed by atoms with Gasteiger partial charge in [-0.3, -0.25) is 9.59 Å². The van der Waals surface area contributed by atoms with Crippen molar-refractivity contribution in [3.8, 4) is 0 Å². The Morgan fingerprint density at radius 1 is 1.14 bits per heavy atom. The predicted molar refractivity (Wildman–Crippen MR) is 86.2 cm³/mol. The van der Waals surface area contributed by atoms with E-state index in [1.165, 1.54) is 5.56 Å². The van der Waals surface area contributed by atoms with Crippen LogP contribution >= 0.6 is 0 Å².